The maximum Gasteiger partial charge on any atom is 0.360 e. The van der Waals surface area contributed by atoms with Gasteiger partial charge in [0.15, 0.2) is 0 Å². The van der Waals surface area contributed by atoms with Gasteiger partial charge < -0.3 is 9.84 Å². The molecular weight excluding hydrogens is 344 g/mol. The van der Waals surface area contributed by atoms with Gasteiger partial charge in [-0.2, -0.15) is 0 Å². The fraction of sp³-hybridized carbons (Fsp3) is 0.167. The molecule has 1 N–H and O–H groups in total. The zero-order valence-corrected chi connectivity index (χ0v) is 14.3. The Morgan fingerprint density at radius 3 is 2.48 bits per heavy atom. The number of ether oxygens (including phenoxy) is 1. The third-order valence-electron chi connectivity index (χ3n) is 3.50. The van der Waals surface area contributed by atoms with E-state index >= 15 is 0 Å². The quantitative estimate of drug-likeness (QED) is 0.771. The van der Waals surface area contributed by atoms with Crippen LogP contribution in [0.3, 0.4) is 0 Å². The first-order valence-electron chi connectivity index (χ1n) is 7.60. The van der Waals surface area contributed by atoms with E-state index < -0.39 is 17.2 Å². The molecule has 6 nitrogen and oxygen atoms in total. The van der Waals surface area contributed by atoms with Crippen LogP contribution >= 0.6 is 11.6 Å². The van der Waals surface area contributed by atoms with Gasteiger partial charge in [0, 0.05) is 5.69 Å². The molecule has 7 heteroatoms. The lowest BCUT2D eigenvalue weighted by molar-refractivity contribution is 0.0688. The third kappa shape index (κ3) is 3.21. The second-order valence-electron chi connectivity index (χ2n) is 5.67. The minimum atomic E-state index is -1.40. The number of hydrogen-bond acceptors (Lipinski definition) is 4. The van der Waals surface area contributed by atoms with Crippen molar-refractivity contribution in [3.8, 4) is 11.4 Å². The normalized spacial score (nSPS) is 11.0. The van der Waals surface area contributed by atoms with E-state index in [0.29, 0.717) is 17.0 Å². The van der Waals surface area contributed by atoms with Gasteiger partial charge in [-0.15, -0.1) is 0 Å². The van der Waals surface area contributed by atoms with Crippen LogP contribution in [0.5, 0.6) is 5.75 Å². The van der Waals surface area contributed by atoms with Crippen LogP contribution in [-0.2, 0) is 0 Å². The number of carbonyl (C=O) groups is 1. The van der Waals surface area contributed by atoms with Gasteiger partial charge >= 0.3 is 5.97 Å². The minimum Gasteiger partial charge on any atom is -0.491 e. The summed E-state index contributed by atoms with van der Waals surface area (Å²) in [6, 6.07) is 11.8. The fourth-order valence-electron chi connectivity index (χ4n) is 2.51. The van der Waals surface area contributed by atoms with Crippen molar-refractivity contribution in [2.24, 2.45) is 0 Å². The molecule has 0 saturated carbocycles. The van der Waals surface area contributed by atoms with Crippen molar-refractivity contribution in [3.63, 3.8) is 0 Å². The summed E-state index contributed by atoms with van der Waals surface area (Å²) < 4.78 is 6.88. The van der Waals surface area contributed by atoms with Gasteiger partial charge in [0.05, 0.1) is 16.6 Å². The molecule has 0 bridgehead atoms. The predicted octanol–water partition coefficient (Wildman–Crippen LogP) is 3.52. The van der Waals surface area contributed by atoms with Crippen LogP contribution in [0.15, 0.2) is 47.3 Å². The predicted molar refractivity (Wildman–Crippen MR) is 95.1 cm³/mol. The van der Waals surface area contributed by atoms with Gasteiger partial charge in [-0.25, -0.2) is 9.78 Å². The summed E-state index contributed by atoms with van der Waals surface area (Å²) >= 11 is 6.14. The fourth-order valence-corrected chi connectivity index (χ4v) is 2.72. The number of halogens is 1. The summed E-state index contributed by atoms with van der Waals surface area (Å²) in [6.45, 7) is 3.83. The van der Waals surface area contributed by atoms with Crippen LogP contribution in [0.1, 0.15) is 24.3 Å². The second kappa shape index (κ2) is 6.57. The number of aromatic carboxylic acids is 1. The molecule has 0 atom stereocenters. The van der Waals surface area contributed by atoms with Crippen LogP contribution in [0.2, 0.25) is 5.02 Å². The Balaban J connectivity index is 2.27. The molecule has 25 heavy (non-hydrogen) atoms. The summed E-state index contributed by atoms with van der Waals surface area (Å²) in [4.78, 5) is 28.0. The molecule has 0 aliphatic carbocycles. The van der Waals surface area contributed by atoms with Crippen LogP contribution < -0.4 is 10.3 Å². The lowest BCUT2D eigenvalue weighted by atomic mass is 10.2. The zero-order chi connectivity index (χ0) is 18.1. The first-order chi connectivity index (χ1) is 11.9. The molecule has 128 valence electrons. The number of rotatable bonds is 4. The number of hydrogen-bond donors (Lipinski definition) is 1. The molecule has 0 aliphatic rings. The SMILES string of the molecule is CC(C)Oc1ccc(-n2c(=O)c(C(=O)O)nc3c(Cl)cccc32)cc1. The molecule has 0 unspecified atom stereocenters. The van der Waals surface area contributed by atoms with Gasteiger partial charge in [-0.1, -0.05) is 17.7 Å². The molecule has 0 saturated heterocycles. The lowest BCUT2D eigenvalue weighted by Crippen LogP contribution is -2.27. The van der Waals surface area contributed by atoms with Gasteiger partial charge in [-0.05, 0) is 50.2 Å². The standard InChI is InChI=1S/C18H15ClN2O4/c1-10(2)25-12-8-6-11(7-9-12)21-14-5-3-4-13(19)15(14)20-16(17(21)22)18(23)24/h3-10H,1-2H3,(H,23,24). The van der Waals surface area contributed by atoms with Crippen molar-refractivity contribution in [3.05, 3.63) is 63.5 Å². The average molecular weight is 359 g/mol. The van der Waals surface area contributed by atoms with E-state index in [0.717, 1.165) is 0 Å². The molecule has 0 aliphatic heterocycles. The average Bonchev–Trinajstić information content (AvgIpc) is 2.55. The Hall–Kier alpha value is -2.86. The van der Waals surface area contributed by atoms with Crippen molar-refractivity contribution >= 4 is 28.6 Å². The van der Waals surface area contributed by atoms with E-state index in [1.165, 1.54) is 4.57 Å². The highest BCUT2D eigenvalue weighted by Crippen LogP contribution is 2.24. The number of nitrogens with zero attached hydrogens (tertiary/aromatic N) is 2. The summed E-state index contributed by atoms with van der Waals surface area (Å²) in [5, 5.41) is 9.56. The maximum absolute atomic E-state index is 12.6. The van der Waals surface area contributed by atoms with Crippen molar-refractivity contribution in [2.45, 2.75) is 20.0 Å². The minimum absolute atomic E-state index is 0.0211. The highest BCUT2D eigenvalue weighted by atomic mass is 35.5. The molecular formula is C18H15ClN2O4. The molecule has 2 aromatic carbocycles. The maximum atomic E-state index is 12.6. The molecule has 0 radical (unpaired) electrons. The first kappa shape index (κ1) is 17.0. The van der Waals surface area contributed by atoms with Crippen LogP contribution in [-0.4, -0.2) is 26.7 Å². The van der Waals surface area contributed by atoms with E-state index in [2.05, 4.69) is 4.98 Å². The summed E-state index contributed by atoms with van der Waals surface area (Å²) in [7, 11) is 0. The Morgan fingerprint density at radius 1 is 1.20 bits per heavy atom. The molecule has 3 rings (SSSR count). The zero-order valence-electron chi connectivity index (χ0n) is 13.6. The number of para-hydroxylation sites is 1. The molecule has 3 aromatic rings. The number of benzene rings is 2. The number of aromatic nitrogens is 2. The van der Waals surface area contributed by atoms with Crippen LogP contribution in [0.4, 0.5) is 0 Å². The number of carboxylic acids is 1. The third-order valence-corrected chi connectivity index (χ3v) is 3.81. The lowest BCUT2D eigenvalue weighted by Gasteiger charge is -2.13. The monoisotopic (exact) mass is 358 g/mol. The first-order valence-corrected chi connectivity index (χ1v) is 7.98. The smallest absolute Gasteiger partial charge is 0.360 e. The Morgan fingerprint density at radius 2 is 1.88 bits per heavy atom. The number of fused-ring (bicyclic) bond motifs is 1. The Kier molecular flexibility index (Phi) is 4.46. The van der Waals surface area contributed by atoms with Gasteiger partial charge in [0.25, 0.3) is 5.56 Å². The van der Waals surface area contributed by atoms with Crippen LogP contribution in [0.25, 0.3) is 16.7 Å². The molecule has 0 spiro atoms. The van der Waals surface area contributed by atoms with E-state index in [9.17, 15) is 14.7 Å². The van der Waals surface area contributed by atoms with E-state index in [-0.39, 0.29) is 16.6 Å². The van der Waals surface area contributed by atoms with Crippen molar-refractivity contribution in [1.82, 2.24) is 9.55 Å². The molecule has 1 heterocycles. The molecule has 0 amide bonds. The van der Waals surface area contributed by atoms with E-state index in [1.54, 1.807) is 42.5 Å². The Labute approximate surface area is 148 Å². The van der Waals surface area contributed by atoms with E-state index in [4.69, 9.17) is 16.3 Å². The number of carboxylic acid groups (broad SMARTS) is 1. The summed E-state index contributed by atoms with van der Waals surface area (Å²) in [5.74, 6) is -0.748. The Bertz CT molecular complexity index is 1010. The molecule has 0 fully saturated rings. The van der Waals surface area contributed by atoms with Gasteiger partial charge in [0.1, 0.15) is 11.3 Å². The van der Waals surface area contributed by atoms with Gasteiger partial charge in [-0.3, -0.25) is 9.36 Å². The van der Waals surface area contributed by atoms with Crippen LogP contribution in [0, 0.1) is 0 Å². The molecule has 1 aromatic heterocycles. The topological polar surface area (TPSA) is 81.4 Å². The summed E-state index contributed by atoms with van der Waals surface area (Å²) in [5.41, 5.74) is -0.120. The van der Waals surface area contributed by atoms with Crippen molar-refractivity contribution in [1.29, 1.82) is 0 Å². The van der Waals surface area contributed by atoms with Crippen molar-refractivity contribution in [2.75, 3.05) is 0 Å². The highest BCUT2D eigenvalue weighted by molar-refractivity contribution is 6.34. The summed E-state index contributed by atoms with van der Waals surface area (Å²) in [6.07, 6.45) is 0.0211. The van der Waals surface area contributed by atoms with Crippen molar-refractivity contribution < 1.29 is 14.6 Å². The highest BCUT2D eigenvalue weighted by Gasteiger charge is 2.19. The van der Waals surface area contributed by atoms with E-state index in [1.807, 2.05) is 13.8 Å². The second-order valence-corrected chi connectivity index (χ2v) is 6.08. The van der Waals surface area contributed by atoms with Gasteiger partial charge in [0.2, 0.25) is 5.69 Å². The largest absolute Gasteiger partial charge is 0.491 e.